The molecule has 100 valence electrons. The predicted octanol–water partition coefficient (Wildman–Crippen LogP) is 3.03. The summed E-state index contributed by atoms with van der Waals surface area (Å²) in [6.07, 6.45) is 3.63. The zero-order chi connectivity index (χ0) is 13.8. The average molecular weight is 280 g/mol. The molecule has 0 bridgehead atoms. The summed E-state index contributed by atoms with van der Waals surface area (Å²) >= 11 is 1.26. The number of hydrogen-bond acceptors (Lipinski definition) is 3. The van der Waals surface area contributed by atoms with E-state index in [1.807, 2.05) is 13.1 Å². The van der Waals surface area contributed by atoms with Crippen LogP contribution in [0.25, 0.3) is 0 Å². The molecular formula is C13H13FN2O2S. The number of hydrogen-bond donors (Lipinski definition) is 1. The first-order valence-corrected chi connectivity index (χ1v) is 6.75. The minimum absolute atomic E-state index is 0.0909. The van der Waals surface area contributed by atoms with Gasteiger partial charge in [0.05, 0.1) is 11.8 Å². The van der Waals surface area contributed by atoms with E-state index >= 15 is 0 Å². The van der Waals surface area contributed by atoms with Crippen LogP contribution in [0.5, 0.6) is 0 Å². The molecule has 4 nitrogen and oxygen atoms in total. The molecule has 1 aromatic carbocycles. The zero-order valence-electron chi connectivity index (χ0n) is 10.3. The molecule has 0 unspecified atom stereocenters. The standard InChI is InChI=1S/C13H13FN2O2S/c1-2-16-7-9(6-15-16)8-19-12-5-10(13(17)18)3-4-11(12)14/h3-7H,2,8H2,1H3,(H,17,18). The van der Waals surface area contributed by atoms with Gasteiger partial charge in [0.15, 0.2) is 0 Å². The number of halogens is 1. The van der Waals surface area contributed by atoms with Gasteiger partial charge in [-0.1, -0.05) is 0 Å². The molecule has 0 saturated heterocycles. The molecule has 19 heavy (non-hydrogen) atoms. The van der Waals surface area contributed by atoms with Crippen LogP contribution in [0.4, 0.5) is 4.39 Å². The van der Waals surface area contributed by atoms with Gasteiger partial charge in [-0.3, -0.25) is 4.68 Å². The highest BCUT2D eigenvalue weighted by atomic mass is 32.2. The maximum absolute atomic E-state index is 13.6. The van der Waals surface area contributed by atoms with Crippen molar-refractivity contribution < 1.29 is 14.3 Å². The van der Waals surface area contributed by atoms with Gasteiger partial charge in [-0.05, 0) is 25.1 Å². The Morgan fingerprint density at radius 1 is 1.53 bits per heavy atom. The van der Waals surface area contributed by atoms with E-state index < -0.39 is 11.8 Å². The normalized spacial score (nSPS) is 10.6. The first-order chi connectivity index (χ1) is 9.10. The Bertz CT molecular complexity index is 598. The third-order valence-electron chi connectivity index (χ3n) is 2.58. The molecule has 0 amide bonds. The summed E-state index contributed by atoms with van der Waals surface area (Å²) in [7, 11) is 0. The monoisotopic (exact) mass is 280 g/mol. The van der Waals surface area contributed by atoms with E-state index in [1.54, 1.807) is 10.9 Å². The smallest absolute Gasteiger partial charge is 0.335 e. The van der Waals surface area contributed by atoms with Crippen molar-refractivity contribution in [3.63, 3.8) is 0 Å². The summed E-state index contributed by atoms with van der Waals surface area (Å²) < 4.78 is 15.4. The number of thioether (sulfide) groups is 1. The summed E-state index contributed by atoms with van der Waals surface area (Å²) in [6, 6.07) is 3.80. The van der Waals surface area contributed by atoms with E-state index in [2.05, 4.69) is 5.10 Å². The Balaban J connectivity index is 2.10. The molecule has 0 aliphatic rings. The highest BCUT2D eigenvalue weighted by Gasteiger charge is 2.09. The van der Waals surface area contributed by atoms with E-state index in [9.17, 15) is 9.18 Å². The number of benzene rings is 1. The molecule has 2 rings (SSSR count). The van der Waals surface area contributed by atoms with Crippen LogP contribution in [-0.4, -0.2) is 20.9 Å². The van der Waals surface area contributed by atoms with Gasteiger partial charge in [0.2, 0.25) is 0 Å². The van der Waals surface area contributed by atoms with E-state index in [-0.39, 0.29) is 5.56 Å². The Labute approximate surface area is 114 Å². The van der Waals surface area contributed by atoms with Crippen molar-refractivity contribution in [2.24, 2.45) is 0 Å². The highest BCUT2D eigenvalue weighted by Crippen LogP contribution is 2.26. The molecular weight excluding hydrogens is 267 g/mol. The van der Waals surface area contributed by atoms with Gasteiger partial charge in [-0.25, -0.2) is 9.18 Å². The van der Waals surface area contributed by atoms with Crippen LogP contribution >= 0.6 is 11.8 Å². The maximum atomic E-state index is 13.6. The predicted molar refractivity (Wildman–Crippen MR) is 70.8 cm³/mol. The summed E-state index contributed by atoms with van der Waals surface area (Å²) in [4.78, 5) is 11.2. The Kier molecular flexibility index (Phi) is 4.21. The lowest BCUT2D eigenvalue weighted by atomic mass is 10.2. The topological polar surface area (TPSA) is 55.1 Å². The van der Waals surface area contributed by atoms with Crippen LogP contribution in [-0.2, 0) is 12.3 Å². The average Bonchev–Trinajstić information content (AvgIpc) is 2.85. The van der Waals surface area contributed by atoms with Crippen LogP contribution in [0.1, 0.15) is 22.8 Å². The third kappa shape index (κ3) is 3.35. The summed E-state index contributed by atoms with van der Waals surface area (Å²) in [6.45, 7) is 2.77. The van der Waals surface area contributed by atoms with Gasteiger partial charge >= 0.3 is 5.97 Å². The number of carboxylic acids is 1. The number of aromatic carboxylic acids is 1. The van der Waals surface area contributed by atoms with Gasteiger partial charge in [0, 0.05) is 29.0 Å². The zero-order valence-corrected chi connectivity index (χ0v) is 11.2. The van der Waals surface area contributed by atoms with E-state index in [0.29, 0.717) is 10.6 Å². The van der Waals surface area contributed by atoms with Gasteiger partial charge in [0.1, 0.15) is 5.82 Å². The lowest BCUT2D eigenvalue weighted by Crippen LogP contribution is -1.97. The molecule has 0 fully saturated rings. The number of rotatable bonds is 5. The van der Waals surface area contributed by atoms with E-state index in [1.165, 1.54) is 30.0 Å². The van der Waals surface area contributed by atoms with Crippen molar-refractivity contribution in [1.82, 2.24) is 9.78 Å². The molecule has 0 aliphatic heterocycles. The van der Waals surface area contributed by atoms with Crippen molar-refractivity contribution >= 4 is 17.7 Å². The van der Waals surface area contributed by atoms with E-state index in [0.717, 1.165) is 12.1 Å². The fraction of sp³-hybridized carbons (Fsp3) is 0.231. The highest BCUT2D eigenvalue weighted by molar-refractivity contribution is 7.98. The second-order valence-electron chi connectivity index (χ2n) is 3.94. The van der Waals surface area contributed by atoms with Crippen molar-refractivity contribution in [2.75, 3.05) is 0 Å². The van der Waals surface area contributed by atoms with Crippen molar-refractivity contribution in [2.45, 2.75) is 24.1 Å². The van der Waals surface area contributed by atoms with Crippen LogP contribution in [0.15, 0.2) is 35.5 Å². The third-order valence-corrected chi connectivity index (χ3v) is 3.68. The Hall–Kier alpha value is -1.82. The minimum atomic E-state index is -1.05. The largest absolute Gasteiger partial charge is 0.478 e. The molecule has 2 aromatic rings. The number of nitrogens with zero attached hydrogens (tertiary/aromatic N) is 2. The van der Waals surface area contributed by atoms with Crippen LogP contribution in [0.2, 0.25) is 0 Å². The van der Waals surface area contributed by atoms with Gasteiger partial charge < -0.3 is 5.11 Å². The van der Waals surface area contributed by atoms with Gasteiger partial charge in [0.25, 0.3) is 0 Å². The summed E-state index contributed by atoms with van der Waals surface area (Å²) in [5.74, 6) is -0.904. The molecule has 0 saturated carbocycles. The molecule has 6 heteroatoms. The van der Waals surface area contributed by atoms with Gasteiger partial charge in [-0.15, -0.1) is 11.8 Å². The second kappa shape index (κ2) is 5.88. The summed E-state index contributed by atoms with van der Waals surface area (Å²) in [5, 5.41) is 13.0. The number of carboxylic acid groups (broad SMARTS) is 1. The van der Waals surface area contributed by atoms with Crippen molar-refractivity contribution in [3.05, 3.63) is 47.5 Å². The minimum Gasteiger partial charge on any atom is -0.478 e. The van der Waals surface area contributed by atoms with Crippen LogP contribution < -0.4 is 0 Å². The fourth-order valence-corrected chi connectivity index (χ4v) is 2.45. The molecule has 1 N–H and O–H groups in total. The first-order valence-electron chi connectivity index (χ1n) is 5.77. The van der Waals surface area contributed by atoms with Crippen LogP contribution in [0.3, 0.4) is 0 Å². The second-order valence-corrected chi connectivity index (χ2v) is 4.96. The lowest BCUT2D eigenvalue weighted by molar-refractivity contribution is 0.0696. The van der Waals surface area contributed by atoms with Crippen LogP contribution in [0, 0.1) is 5.82 Å². The molecule has 1 heterocycles. The number of aryl methyl sites for hydroxylation is 1. The molecule has 0 aliphatic carbocycles. The van der Waals surface area contributed by atoms with Crippen molar-refractivity contribution in [3.8, 4) is 0 Å². The molecule has 1 aromatic heterocycles. The first kappa shape index (κ1) is 13.6. The van der Waals surface area contributed by atoms with Gasteiger partial charge in [-0.2, -0.15) is 5.10 Å². The summed E-state index contributed by atoms with van der Waals surface area (Å²) in [5.41, 5.74) is 1.07. The van der Waals surface area contributed by atoms with Crippen molar-refractivity contribution in [1.29, 1.82) is 0 Å². The lowest BCUT2D eigenvalue weighted by Gasteiger charge is -2.03. The number of carbonyl (C=O) groups is 1. The Morgan fingerprint density at radius 3 is 2.95 bits per heavy atom. The molecule has 0 atom stereocenters. The fourth-order valence-electron chi connectivity index (χ4n) is 1.56. The molecule has 0 spiro atoms. The quantitative estimate of drug-likeness (QED) is 0.855. The van der Waals surface area contributed by atoms with E-state index in [4.69, 9.17) is 5.11 Å². The number of aromatic nitrogens is 2. The maximum Gasteiger partial charge on any atom is 0.335 e. The molecule has 0 radical (unpaired) electrons. The SMILES string of the molecule is CCn1cc(CSc2cc(C(=O)O)ccc2F)cn1. The Morgan fingerprint density at radius 2 is 2.32 bits per heavy atom.